The predicted octanol–water partition coefficient (Wildman–Crippen LogP) is 5.91. The zero-order chi connectivity index (χ0) is 15.8. The molecule has 1 aliphatic rings. The lowest BCUT2D eigenvalue weighted by Crippen LogP contribution is -2.46. The summed E-state index contributed by atoms with van der Waals surface area (Å²) in [5.74, 6) is 0. The van der Waals surface area contributed by atoms with Crippen LogP contribution >= 0.6 is 81.6 Å². The third-order valence-corrected chi connectivity index (χ3v) is 11.5. The first kappa shape index (κ1) is 22.5. The lowest BCUT2D eigenvalue weighted by Gasteiger charge is -2.37. The highest BCUT2D eigenvalue weighted by molar-refractivity contribution is 8.77. The van der Waals surface area contributed by atoms with Crippen molar-refractivity contribution in [2.75, 3.05) is 26.6 Å². The molecule has 21 heavy (non-hydrogen) atoms. The van der Waals surface area contributed by atoms with E-state index in [4.69, 9.17) is 17.6 Å². The van der Waals surface area contributed by atoms with E-state index in [1.807, 2.05) is 0 Å². The Bertz CT molecular complexity index is 293. The van der Waals surface area contributed by atoms with Crippen LogP contribution in [0, 0.1) is 0 Å². The Balaban J connectivity index is 2.64. The van der Waals surface area contributed by atoms with Crippen LogP contribution < -0.4 is 0 Å². The van der Waals surface area contributed by atoms with Crippen LogP contribution in [0.15, 0.2) is 0 Å². The quantitative estimate of drug-likeness (QED) is 0.310. The Morgan fingerprint density at radius 2 is 1.71 bits per heavy atom. The summed E-state index contributed by atoms with van der Waals surface area (Å²) in [6.45, 7) is 6.45. The SMILES string of the molecule is CP(P)SOC1OCCC(OP(C)SP)[C@H]1OSP(C)P. The van der Waals surface area contributed by atoms with Gasteiger partial charge in [-0.25, -0.2) is 0 Å². The topological polar surface area (TPSA) is 36.9 Å². The van der Waals surface area contributed by atoms with Gasteiger partial charge in [0.25, 0.3) is 0 Å². The highest BCUT2D eigenvalue weighted by atomic mass is 33.1. The number of ether oxygens (including phenoxy) is 1. The molecule has 0 saturated carbocycles. The van der Waals surface area contributed by atoms with Crippen molar-refractivity contribution in [2.24, 2.45) is 0 Å². The van der Waals surface area contributed by atoms with Gasteiger partial charge in [0.1, 0.15) is 0 Å². The van der Waals surface area contributed by atoms with Gasteiger partial charge in [-0.1, -0.05) is 37.3 Å². The lowest BCUT2D eigenvalue weighted by atomic mass is 10.1. The molecular formula is C8H22O4P6S3. The minimum absolute atomic E-state index is 0.0218. The van der Waals surface area contributed by atoms with Crippen molar-refractivity contribution in [1.82, 2.24) is 0 Å². The van der Waals surface area contributed by atoms with Crippen molar-refractivity contribution in [3.8, 4) is 0 Å². The van der Waals surface area contributed by atoms with Gasteiger partial charge in [0.05, 0.1) is 20.1 Å². The van der Waals surface area contributed by atoms with E-state index in [-0.39, 0.29) is 32.1 Å². The van der Waals surface area contributed by atoms with E-state index in [1.54, 1.807) is 11.0 Å². The Labute approximate surface area is 150 Å². The molecule has 0 bridgehead atoms. The third-order valence-electron chi connectivity index (χ3n) is 2.28. The number of hydrogen-bond acceptors (Lipinski definition) is 7. The van der Waals surface area contributed by atoms with Crippen LogP contribution in [0.5, 0.6) is 0 Å². The molecule has 8 unspecified atom stereocenters. The second-order valence-corrected chi connectivity index (χ2v) is 23.6. The van der Waals surface area contributed by atoms with Gasteiger partial charge < -0.3 is 9.26 Å². The van der Waals surface area contributed by atoms with Crippen LogP contribution in [0.4, 0.5) is 0 Å². The largest absolute Gasteiger partial charge is 0.349 e. The molecule has 1 aliphatic heterocycles. The van der Waals surface area contributed by atoms with Gasteiger partial charge in [-0.05, 0) is 33.6 Å². The highest BCUT2D eigenvalue weighted by Gasteiger charge is 2.39. The van der Waals surface area contributed by atoms with Gasteiger partial charge in [-0.2, -0.15) is 0 Å². The molecule has 1 heterocycles. The molecule has 0 aliphatic carbocycles. The van der Waals surface area contributed by atoms with Crippen molar-refractivity contribution >= 4 is 81.6 Å². The number of hydrogen-bond donors (Lipinski definition) is 0. The summed E-state index contributed by atoms with van der Waals surface area (Å²) < 4.78 is 23.7. The molecule has 126 valence electrons. The number of rotatable bonds is 9. The third kappa shape index (κ3) is 9.66. The normalized spacial score (nSPS) is 30.9. The van der Waals surface area contributed by atoms with Crippen molar-refractivity contribution in [1.29, 1.82) is 0 Å². The average Bonchev–Trinajstić information content (AvgIpc) is 2.43. The zero-order valence-electron chi connectivity index (χ0n) is 12.1. The van der Waals surface area contributed by atoms with E-state index < -0.39 is 7.35 Å². The summed E-state index contributed by atoms with van der Waals surface area (Å²) in [6, 6.07) is 0. The summed E-state index contributed by atoms with van der Waals surface area (Å²) in [7, 11) is 7.68. The fourth-order valence-electron chi connectivity index (χ4n) is 1.48. The van der Waals surface area contributed by atoms with Crippen molar-refractivity contribution < 1.29 is 17.6 Å². The molecule has 1 rings (SSSR count). The van der Waals surface area contributed by atoms with E-state index in [0.29, 0.717) is 6.61 Å². The van der Waals surface area contributed by atoms with Gasteiger partial charge in [0, 0.05) is 29.7 Å². The minimum atomic E-state index is -0.522. The molecule has 0 aromatic heterocycles. The Morgan fingerprint density at radius 1 is 1.10 bits per heavy atom. The maximum Gasteiger partial charge on any atom is 0.201 e. The second kappa shape index (κ2) is 12.8. The molecule has 0 aromatic carbocycles. The standard InChI is InChI=1S/C8H22O4P6S3/c1-16(21-15)10-6-4-5-9-8(12-20-18(3)14)7(6)11-19-17(2)13/h6-8H,4-5,13-15H2,1-3H3/t6?,7-,8?,16?,17?,18?/m1/s1. The Hall–Kier alpha value is 3.47. The van der Waals surface area contributed by atoms with Crippen molar-refractivity contribution in [2.45, 2.75) is 24.9 Å². The average molecular weight is 464 g/mol. The fraction of sp³-hybridized carbons (Fsp3) is 1.00. The van der Waals surface area contributed by atoms with Crippen LogP contribution in [0.25, 0.3) is 0 Å². The van der Waals surface area contributed by atoms with Crippen LogP contribution in [-0.2, 0) is 17.6 Å². The van der Waals surface area contributed by atoms with Gasteiger partial charge in [0.15, 0.2) is 6.10 Å². The highest BCUT2D eigenvalue weighted by Crippen LogP contribution is 2.58. The van der Waals surface area contributed by atoms with E-state index in [9.17, 15) is 0 Å². The molecule has 0 aromatic rings. The molecule has 0 spiro atoms. The maximum absolute atomic E-state index is 6.12. The van der Waals surface area contributed by atoms with Gasteiger partial charge in [-0.3, -0.25) is 8.37 Å². The van der Waals surface area contributed by atoms with Crippen molar-refractivity contribution in [3.63, 3.8) is 0 Å². The second-order valence-electron chi connectivity index (χ2n) is 4.12. The lowest BCUT2D eigenvalue weighted by molar-refractivity contribution is -0.181. The van der Waals surface area contributed by atoms with E-state index in [0.717, 1.165) is 6.42 Å². The van der Waals surface area contributed by atoms with Crippen LogP contribution in [0.3, 0.4) is 0 Å². The van der Waals surface area contributed by atoms with Crippen LogP contribution in [0.2, 0.25) is 0 Å². The van der Waals surface area contributed by atoms with Gasteiger partial charge in [0.2, 0.25) is 6.29 Å². The fourth-order valence-corrected chi connectivity index (χ4v) is 6.16. The molecule has 0 N–H and O–H groups in total. The first-order chi connectivity index (χ1) is 9.93. The molecule has 1 fully saturated rings. The Morgan fingerprint density at radius 3 is 2.29 bits per heavy atom. The molecular weight excluding hydrogens is 442 g/mol. The van der Waals surface area contributed by atoms with Gasteiger partial charge in [-0.15, -0.1) is 0 Å². The molecule has 0 amide bonds. The smallest absolute Gasteiger partial charge is 0.201 e. The molecule has 9 atom stereocenters. The maximum atomic E-state index is 6.12. The Kier molecular flexibility index (Phi) is 13.7. The zero-order valence-corrected chi connectivity index (χ0v) is 20.7. The first-order valence-electron chi connectivity index (χ1n) is 5.96. The summed E-state index contributed by atoms with van der Waals surface area (Å²) in [4.78, 5) is 0. The van der Waals surface area contributed by atoms with Crippen LogP contribution in [0.1, 0.15) is 6.42 Å². The summed E-state index contributed by atoms with van der Waals surface area (Å²) in [5.41, 5.74) is 0. The summed E-state index contributed by atoms with van der Waals surface area (Å²) in [5, 5.41) is 0. The predicted molar refractivity (Wildman–Crippen MR) is 116 cm³/mol. The minimum Gasteiger partial charge on any atom is -0.349 e. The van der Waals surface area contributed by atoms with Gasteiger partial charge >= 0.3 is 0 Å². The van der Waals surface area contributed by atoms with E-state index in [2.05, 4.69) is 46.3 Å². The van der Waals surface area contributed by atoms with E-state index >= 15 is 0 Å². The molecule has 4 nitrogen and oxygen atoms in total. The molecule has 1 saturated heterocycles. The summed E-state index contributed by atoms with van der Waals surface area (Å²) >= 11 is 4.62. The van der Waals surface area contributed by atoms with E-state index in [1.165, 1.54) is 23.3 Å². The summed E-state index contributed by atoms with van der Waals surface area (Å²) in [6.07, 6.45) is 0.301. The first-order valence-corrected chi connectivity index (χ1v) is 20.1. The van der Waals surface area contributed by atoms with Crippen LogP contribution in [-0.4, -0.2) is 45.1 Å². The molecule has 0 radical (unpaired) electrons. The molecule has 13 heteroatoms. The monoisotopic (exact) mass is 464 g/mol. The van der Waals surface area contributed by atoms with Crippen molar-refractivity contribution in [3.05, 3.63) is 0 Å².